The lowest BCUT2D eigenvalue weighted by Crippen LogP contribution is -1.82. The van der Waals surface area contributed by atoms with Crippen LogP contribution in [0.25, 0.3) is 10.9 Å². The molecule has 0 fully saturated rings. The molecule has 0 aliphatic heterocycles. The fourth-order valence-electron chi connectivity index (χ4n) is 1.12. The van der Waals surface area contributed by atoms with E-state index in [9.17, 15) is 5.21 Å². The molecule has 0 saturated carbocycles. The Hall–Kier alpha value is -1.48. The zero-order valence-electron chi connectivity index (χ0n) is 5.79. The highest BCUT2D eigenvalue weighted by Gasteiger charge is 1.92. The highest BCUT2D eigenvalue weighted by atomic mass is 16.5. The summed E-state index contributed by atoms with van der Waals surface area (Å²) in [6, 6.07) is 7.34. The van der Waals surface area contributed by atoms with Crippen LogP contribution in [0.4, 0.5) is 5.69 Å². The van der Waals surface area contributed by atoms with Gasteiger partial charge in [0.15, 0.2) is 0 Å². The lowest BCUT2D eigenvalue weighted by molar-refractivity contribution is 1.48. The highest BCUT2D eigenvalue weighted by Crippen LogP contribution is 2.16. The summed E-state index contributed by atoms with van der Waals surface area (Å²) in [5.41, 5.74) is 3.48. The number of anilines is 1. The minimum absolute atomic E-state index is 0.595. The molecule has 0 amide bonds. The Morgan fingerprint density at radius 1 is 1.27 bits per heavy atom. The third-order valence-electron chi connectivity index (χ3n) is 1.67. The standard InChI is InChI=1S/C8H7N2O/c11-10-7-1-2-8-6(5-7)3-4-9-8/h1-5,9-10H/q-1. The summed E-state index contributed by atoms with van der Waals surface area (Å²) in [7, 11) is 0. The first-order valence-electron chi connectivity index (χ1n) is 3.35. The third-order valence-corrected chi connectivity index (χ3v) is 1.67. The highest BCUT2D eigenvalue weighted by molar-refractivity contribution is 5.82. The zero-order chi connectivity index (χ0) is 7.68. The Morgan fingerprint density at radius 2 is 2.18 bits per heavy atom. The molecule has 1 heterocycles. The van der Waals surface area contributed by atoms with Crippen molar-refractivity contribution in [2.75, 3.05) is 5.48 Å². The van der Waals surface area contributed by atoms with E-state index in [1.807, 2.05) is 23.8 Å². The molecule has 0 radical (unpaired) electrons. The summed E-state index contributed by atoms with van der Waals surface area (Å²) in [5.74, 6) is 0. The van der Waals surface area contributed by atoms with Crippen molar-refractivity contribution in [2.45, 2.75) is 0 Å². The second kappa shape index (κ2) is 2.29. The molecule has 0 atom stereocenters. The smallest absolute Gasteiger partial charge is 0.0455 e. The first kappa shape index (κ1) is 6.24. The van der Waals surface area contributed by atoms with Crippen LogP contribution < -0.4 is 5.48 Å². The van der Waals surface area contributed by atoms with Crippen LogP contribution in [-0.2, 0) is 0 Å². The van der Waals surface area contributed by atoms with Gasteiger partial charge in [-0.1, -0.05) is 0 Å². The normalized spacial score (nSPS) is 10.3. The van der Waals surface area contributed by atoms with E-state index in [2.05, 4.69) is 4.98 Å². The first-order valence-corrected chi connectivity index (χ1v) is 3.35. The molecule has 2 N–H and O–H groups in total. The predicted octanol–water partition coefficient (Wildman–Crippen LogP) is 2.08. The number of rotatable bonds is 1. The zero-order valence-corrected chi connectivity index (χ0v) is 5.79. The molecular formula is C8H7N2O-. The molecule has 0 aliphatic rings. The van der Waals surface area contributed by atoms with Crippen LogP contribution in [0.2, 0.25) is 0 Å². The summed E-state index contributed by atoms with van der Waals surface area (Å²) in [6.45, 7) is 0. The van der Waals surface area contributed by atoms with Crippen molar-refractivity contribution in [1.82, 2.24) is 4.98 Å². The summed E-state index contributed by atoms with van der Waals surface area (Å²) in [6.07, 6.45) is 1.85. The fourth-order valence-corrected chi connectivity index (χ4v) is 1.12. The molecule has 56 valence electrons. The number of fused-ring (bicyclic) bond motifs is 1. The summed E-state index contributed by atoms with van der Waals surface area (Å²) in [5, 5.41) is 11.3. The average Bonchev–Trinajstić information content (AvgIpc) is 2.50. The lowest BCUT2D eigenvalue weighted by atomic mass is 10.2. The Bertz CT molecular complexity index is 367. The van der Waals surface area contributed by atoms with Crippen LogP contribution in [0, 0.1) is 5.21 Å². The number of aromatic nitrogens is 1. The quantitative estimate of drug-likeness (QED) is 0.606. The van der Waals surface area contributed by atoms with Crippen LogP contribution in [0.5, 0.6) is 0 Å². The van der Waals surface area contributed by atoms with E-state index < -0.39 is 0 Å². The van der Waals surface area contributed by atoms with E-state index in [1.54, 1.807) is 12.1 Å². The molecule has 1 aromatic heterocycles. The number of hydrogen-bond donors (Lipinski definition) is 2. The molecule has 0 spiro atoms. The van der Waals surface area contributed by atoms with Gasteiger partial charge in [0.1, 0.15) is 0 Å². The van der Waals surface area contributed by atoms with Crippen molar-refractivity contribution in [3.05, 3.63) is 35.7 Å². The molecule has 3 nitrogen and oxygen atoms in total. The average molecular weight is 147 g/mol. The van der Waals surface area contributed by atoms with Gasteiger partial charge in [0.25, 0.3) is 0 Å². The molecular weight excluding hydrogens is 140 g/mol. The lowest BCUT2D eigenvalue weighted by Gasteiger charge is -2.07. The maximum absolute atomic E-state index is 10.2. The maximum Gasteiger partial charge on any atom is 0.0455 e. The van der Waals surface area contributed by atoms with Gasteiger partial charge >= 0.3 is 0 Å². The van der Waals surface area contributed by atoms with Gasteiger partial charge in [-0.2, -0.15) is 0 Å². The van der Waals surface area contributed by atoms with Gasteiger partial charge in [-0.15, -0.1) is 0 Å². The second-order valence-corrected chi connectivity index (χ2v) is 2.38. The molecule has 0 bridgehead atoms. The van der Waals surface area contributed by atoms with Crippen LogP contribution in [0.3, 0.4) is 0 Å². The number of benzene rings is 1. The van der Waals surface area contributed by atoms with Crippen molar-refractivity contribution in [3.8, 4) is 0 Å². The van der Waals surface area contributed by atoms with E-state index in [1.165, 1.54) is 0 Å². The SMILES string of the molecule is [O-]Nc1ccc2[nH]ccc2c1. The van der Waals surface area contributed by atoms with Gasteiger partial charge in [0.05, 0.1) is 0 Å². The second-order valence-electron chi connectivity index (χ2n) is 2.38. The fraction of sp³-hybridized carbons (Fsp3) is 0. The minimum atomic E-state index is 0.595. The number of H-pyrrole nitrogens is 1. The van der Waals surface area contributed by atoms with E-state index in [0.717, 1.165) is 10.9 Å². The largest absolute Gasteiger partial charge is 0.761 e. The molecule has 3 heteroatoms. The van der Waals surface area contributed by atoms with E-state index in [0.29, 0.717) is 5.69 Å². The first-order chi connectivity index (χ1) is 5.40. The van der Waals surface area contributed by atoms with Gasteiger partial charge in [0.2, 0.25) is 0 Å². The Labute approximate surface area is 63.6 Å². The molecule has 0 saturated heterocycles. The van der Waals surface area contributed by atoms with Gasteiger partial charge < -0.3 is 15.7 Å². The van der Waals surface area contributed by atoms with Crippen LogP contribution in [0.1, 0.15) is 0 Å². The van der Waals surface area contributed by atoms with Crippen LogP contribution >= 0.6 is 0 Å². The number of aromatic amines is 1. The molecule has 2 aromatic rings. The topological polar surface area (TPSA) is 50.9 Å². The van der Waals surface area contributed by atoms with Crippen molar-refractivity contribution in [1.29, 1.82) is 0 Å². The van der Waals surface area contributed by atoms with E-state index >= 15 is 0 Å². The molecule has 0 aliphatic carbocycles. The Balaban J connectivity index is 2.67. The minimum Gasteiger partial charge on any atom is -0.761 e. The molecule has 2 rings (SSSR count). The van der Waals surface area contributed by atoms with Crippen molar-refractivity contribution >= 4 is 16.6 Å². The number of nitrogens with one attached hydrogen (secondary N) is 2. The summed E-state index contributed by atoms with van der Waals surface area (Å²) >= 11 is 0. The van der Waals surface area contributed by atoms with Gasteiger partial charge in [0, 0.05) is 22.8 Å². The third kappa shape index (κ3) is 0.951. The van der Waals surface area contributed by atoms with Crippen molar-refractivity contribution < 1.29 is 0 Å². The molecule has 1 aromatic carbocycles. The predicted molar refractivity (Wildman–Crippen MR) is 45.3 cm³/mol. The van der Waals surface area contributed by atoms with E-state index in [4.69, 9.17) is 0 Å². The number of hydrogen-bond acceptors (Lipinski definition) is 2. The molecule has 0 unspecified atom stereocenters. The van der Waals surface area contributed by atoms with Crippen LogP contribution in [-0.4, -0.2) is 4.98 Å². The van der Waals surface area contributed by atoms with Crippen molar-refractivity contribution in [3.63, 3.8) is 0 Å². The van der Waals surface area contributed by atoms with Gasteiger partial charge in [-0.3, -0.25) is 0 Å². The van der Waals surface area contributed by atoms with E-state index in [-0.39, 0.29) is 0 Å². The summed E-state index contributed by atoms with van der Waals surface area (Å²) < 4.78 is 0. The van der Waals surface area contributed by atoms with Crippen LogP contribution in [0.15, 0.2) is 30.5 Å². The summed E-state index contributed by atoms with van der Waals surface area (Å²) in [4.78, 5) is 3.04. The maximum atomic E-state index is 10.2. The monoisotopic (exact) mass is 147 g/mol. The van der Waals surface area contributed by atoms with Gasteiger partial charge in [-0.05, 0) is 24.3 Å². The van der Waals surface area contributed by atoms with Crippen molar-refractivity contribution in [2.24, 2.45) is 0 Å². The van der Waals surface area contributed by atoms with Gasteiger partial charge in [-0.25, -0.2) is 0 Å². The Kier molecular flexibility index (Phi) is 1.30. The molecule has 11 heavy (non-hydrogen) atoms. The Morgan fingerprint density at radius 3 is 3.00 bits per heavy atom.